The number of hydrogen-bond acceptors (Lipinski definition) is 10. The Morgan fingerprint density at radius 3 is 2.00 bits per heavy atom. The van der Waals surface area contributed by atoms with Gasteiger partial charge in [-0.1, -0.05) is 60.7 Å². The van der Waals surface area contributed by atoms with E-state index in [1.54, 1.807) is 11.3 Å². The number of rotatable bonds is 5. The molecule has 3 atom stereocenters. The maximum absolute atomic E-state index is 12.6. The lowest BCUT2D eigenvalue weighted by Gasteiger charge is -2.36. The van der Waals surface area contributed by atoms with Gasteiger partial charge >= 0.3 is 0 Å². The molecule has 2 aromatic carbocycles. The first-order chi connectivity index (χ1) is 24.0. The van der Waals surface area contributed by atoms with E-state index in [1.165, 1.54) is 22.5 Å². The van der Waals surface area contributed by atoms with Gasteiger partial charge in [0.05, 0.1) is 42.0 Å². The quantitative estimate of drug-likeness (QED) is 0.171. The predicted molar refractivity (Wildman–Crippen MR) is 200 cm³/mol. The largest absolute Gasteiger partial charge is 0.377 e. The summed E-state index contributed by atoms with van der Waals surface area (Å²) in [6.45, 7) is 3.20. The van der Waals surface area contributed by atoms with Crippen molar-refractivity contribution in [1.82, 2.24) is 25.3 Å². The number of hydrogen-bond donors (Lipinski definition) is 2. The smallest absolute Gasteiger partial charge is 0.229 e. The zero-order valence-electron chi connectivity index (χ0n) is 26.4. The lowest BCUT2D eigenvalue weighted by molar-refractivity contribution is -0.120. The zero-order chi connectivity index (χ0) is 33.3. The number of carbonyl (C=O) groups excluding carboxylic acids is 1. The Hall–Kier alpha value is -3.71. The normalized spacial score (nSPS) is 20.3. The summed E-state index contributed by atoms with van der Waals surface area (Å²) in [5, 5.41) is 12.9. The van der Waals surface area contributed by atoms with Crippen LogP contribution in [0.4, 0.5) is 11.6 Å². The summed E-state index contributed by atoms with van der Waals surface area (Å²) in [5.74, 6) is 1.40. The molecule has 250 valence electrons. The summed E-state index contributed by atoms with van der Waals surface area (Å²) in [7, 11) is 0. The molecule has 0 saturated carbocycles. The molecule has 49 heavy (non-hydrogen) atoms. The van der Waals surface area contributed by atoms with Gasteiger partial charge in [0.25, 0.3) is 0 Å². The minimum absolute atomic E-state index is 0.0199. The second-order valence-electron chi connectivity index (χ2n) is 12.4. The number of aromatic nitrogens is 4. The van der Waals surface area contributed by atoms with Crippen LogP contribution >= 0.6 is 45.9 Å². The molecule has 4 aromatic heterocycles. The number of anilines is 2. The average Bonchev–Trinajstić information content (AvgIpc) is 3.82. The van der Waals surface area contributed by atoms with Gasteiger partial charge in [-0.2, -0.15) is 9.97 Å². The zero-order valence-corrected chi connectivity index (χ0v) is 29.6. The van der Waals surface area contributed by atoms with E-state index in [4.69, 9.17) is 27.9 Å². The van der Waals surface area contributed by atoms with E-state index in [0.29, 0.717) is 29.7 Å². The van der Waals surface area contributed by atoms with Crippen molar-refractivity contribution in [3.8, 4) is 22.3 Å². The number of ether oxygens (including phenoxy) is 1. The number of nitrogens with zero attached hydrogens (tertiary/aromatic N) is 5. The van der Waals surface area contributed by atoms with Crippen molar-refractivity contribution >= 4 is 83.9 Å². The first-order valence-electron chi connectivity index (χ1n) is 16.4. The highest BCUT2D eigenvalue weighted by Gasteiger charge is 2.39. The van der Waals surface area contributed by atoms with E-state index in [2.05, 4.69) is 65.1 Å². The van der Waals surface area contributed by atoms with Gasteiger partial charge in [-0.15, -0.1) is 22.7 Å². The van der Waals surface area contributed by atoms with Crippen LogP contribution in [0, 0.1) is 5.92 Å². The molecule has 9 rings (SSSR count). The van der Waals surface area contributed by atoms with E-state index in [1.807, 2.05) is 41.8 Å². The molecule has 2 N–H and O–H groups in total. The molecule has 6 aromatic rings. The highest BCUT2D eigenvalue weighted by molar-refractivity contribution is 7.17. The van der Waals surface area contributed by atoms with Gasteiger partial charge < -0.3 is 20.3 Å². The van der Waals surface area contributed by atoms with Crippen LogP contribution < -0.4 is 15.5 Å². The molecule has 0 spiro atoms. The van der Waals surface area contributed by atoms with Gasteiger partial charge in [-0.05, 0) is 66.6 Å². The van der Waals surface area contributed by atoms with Crippen LogP contribution in [0.15, 0.2) is 71.4 Å². The van der Waals surface area contributed by atoms with Gasteiger partial charge in [-0.3, -0.25) is 4.79 Å². The number of fused-ring (bicyclic) bond motifs is 4. The van der Waals surface area contributed by atoms with Crippen LogP contribution in [0.25, 0.3) is 42.7 Å². The predicted octanol–water partition coefficient (Wildman–Crippen LogP) is 8.33. The molecule has 3 unspecified atom stereocenters. The number of nitrogens with one attached hydrogen (secondary N) is 2. The molecule has 3 saturated heterocycles. The molecule has 3 aliphatic rings. The van der Waals surface area contributed by atoms with E-state index in [0.717, 1.165) is 82.8 Å². The Morgan fingerprint density at radius 1 is 0.796 bits per heavy atom. The fourth-order valence-electron chi connectivity index (χ4n) is 7.02. The number of morpholine rings is 1. The maximum Gasteiger partial charge on any atom is 0.229 e. The molecule has 1 amide bonds. The minimum Gasteiger partial charge on any atom is -0.377 e. The molecular formula is C36H33Cl2N7O2S2. The van der Waals surface area contributed by atoms with E-state index < -0.39 is 0 Å². The SMILES string of the molecule is Clc1nc(N2C3CCC2COC3)c2c(-c3ccccc3)csc2n1.O=C(Nc1nc(Cl)nc2scc(-c3ccccc3)c12)C1CCCNC1. The fraction of sp³-hybridized carbons (Fsp3) is 0.306. The highest BCUT2D eigenvalue weighted by Crippen LogP contribution is 2.43. The molecule has 2 bridgehead atoms. The molecule has 3 fully saturated rings. The van der Waals surface area contributed by atoms with Crippen LogP contribution in [0.3, 0.4) is 0 Å². The number of carbonyl (C=O) groups is 1. The number of benzene rings is 2. The third-order valence-electron chi connectivity index (χ3n) is 9.36. The van der Waals surface area contributed by atoms with Gasteiger partial charge in [0.15, 0.2) is 0 Å². The van der Waals surface area contributed by atoms with Gasteiger partial charge in [0.1, 0.15) is 21.3 Å². The number of halogens is 2. The van der Waals surface area contributed by atoms with Crippen molar-refractivity contribution in [2.45, 2.75) is 37.8 Å². The molecule has 0 radical (unpaired) electrons. The lowest BCUT2D eigenvalue weighted by atomic mass is 9.99. The Bertz CT molecular complexity index is 2090. The van der Waals surface area contributed by atoms with Crippen molar-refractivity contribution < 1.29 is 9.53 Å². The van der Waals surface area contributed by atoms with Crippen molar-refractivity contribution in [3.63, 3.8) is 0 Å². The van der Waals surface area contributed by atoms with E-state index >= 15 is 0 Å². The Morgan fingerprint density at radius 2 is 1.39 bits per heavy atom. The van der Waals surface area contributed by atoms with Crippen LogP contribution in [-0.2, 0) is 9.53 Å². The van der Waals surface area contributed by atoms with Crippen LogP contribution in [0.2, 0.25) is 10.6 Å². The molecule has 0 aliphatic carbocycles. The number of amides is 1. The summed E-state index contributed by atoms with van der Waals surface area (Å²) in [6.07, 6.45) is 4.19. The Balaban J connectivity index is 0.000000142. The first kappa shape index (κ1) is 32.5. The summed E-state index contributed by atoms with van der Waals surface area (Å²) in [5.41, 5.74) is 4.45. The molecule has 13 heteroatoms. The second kappa shape index (κ2) is 14.3. The highest BCUT2D eigenvalue weighted by atomic mass is 35.5. The van der Waals surface area contributed by atoms with Gasteiger partial charge in [0, 0.05) is 28.4 Å². The van der Waals surface area contributed by atoms with Gasteiger partial charge in [0.2, 0.25) is 16.5 Å². The van der Waals surface area contributed by atoms with Crippen molar-refractivity contribution in [3.05, 3.63) is 82.0 Å². The third kappa shape index (κ3) is 6.63. The Kier molecular flexibility index (Phi) is 9.46. The second-order valence-corrected chi connectivity index (χ2v) is 14.8. The average molecular weight is 731 g/mol. The Labute approximate surface area is 301 Å². The minimum atomic E-state index is -0.0450. The monoisotopic (exact) mass is 729 g/mol. The summed E-state index contributed by atoms with van der Waals surface area (Å²) < 4.78 is 5.73. The number of piperidine rings is 1. The van der Waals surface area contributed by atoms with E-state index in [9.17, 15) is 4.79 Å². The summed E-state index contributed by atoms with van der Waals surface area (Å²) in [4.78, 5) is 34.5. The molecule has 3 aliphatic heterocycles. The van der Waals surface area contributed by atoms with Crippen molar-refractivity contribution in [1.29, 1.82) is 0 Å². The van der Waals surface area contributed by atoms with Crippen molar-refractivity contribution in [2.24, 2.45) is 5.92 Å². The topological polar surface area (TPSA) is 105 Å². The molecule has 7 heterocycles. The maximum atomic E-state index is 12.6. The van der Waals surface area contributed by atoms with Crippen LogP contribution in [0.1, 0.15) is 25.7 Å². The third-order valence-corrected chi connectivity index (χ3v) is 11.4. The summed E-state index contributed by atoms with van der Waals surface area (Å²) in [6, 6.07) is 21.2. The van der Waals surface area contributed by atoms with Crippen LogP contribution in [-0.4, -0.2) is 64.2 Å². The van der Waals surface area contributed by atoms with Gasteiger partial charge in [-0.25, -0.2) is 9.97 Å². The standard InChI is InChI=1S/C18H17ClN4OS.C18H16ClN3OS/c19-18-22-15(21-16(24)12-7-4-8-20-9-12)14-13(10-25-17(14)23-18)11-5-2-1-3-6-11;19-18-20-16(22-12-6-7-13(22)9-23-8-12)15-14(10-24-17(15)21-18)11-4-2-1-3-5-11/h1-3,5-6,10,12,20H,4,7-9H2,(H,21,22,23,24);1-5,10,12-13H,6-9H2. The fourth-order valence-corrected chi connectivity index (χ4v) is 9.34. The molecular weight excluding hydrogens is 697 g/mol. The van der Waals surface area contributed by atoms with Crippen LogP contribution in [0.5, 0.6) is 0 Å². The summed E-state index contributed by atoms with van der Waals surface area (Å²) >= 11 is 15.4. The van der Waals surface area contributed by atoms with E-state index in [-0.39, 0.29) is 17.1 Å². The number of thiophene rings is 2. The van der Waals surface area contributed by atoms with Crippen molar-refractivity contribution in [2.75, 3.05) is 36.5 Å². The first-order valence-corrected chi connectivity index (χ1v) is 18.9. The molecule has 9 nitrogen and oxygen atoms in total. The lowest BCUT2D eigenvalue weighted by Crippen LogP contribution is -2.46.